The van der Waals surface area contributed by atoms with Crippen LogP contribution in [-0.4, -0.2) is 8.42 Å². The van der Waals surface area contributed by atoms with E-state index < -0.39 is 9.05 Å². The van der Waals surface area contributed by atoms with E-state index in [1.54, 1.807) is 19.1 Å². The van der Waals surface area contributed by atoms with Crippen LogP contribution in [0, 0.1) is 13.8 Å². The zero-order valence-electron chi connectivity index (χ0n) is 7.14. The molecule has 0 radical (unpaired) electrons. The molecule has 2 nitrogen and oxygen atoms in total. The molecule has 0 aromatic heterocycles. The van der Waals surface area contributed by atoms with Crippen LogP contribution >= 0.6 is 26.6 Å². The van der Waals surface area contributed by atoms with Crippen molar-refractivity contribution in [2.24, 2.45) is 0 Å². The van der Waals surface area contributed by atoms with E-state index in [-0.39, 0.29) is 4.90 Å². The molecule has 0 saturated heterocycles. The summed E-state index contributed by atoms with van der Waals surface area (Å²) in [5.74, 6) is 0. The van der Waals surface area contributed by atoms with Crippen LogP contribution < -0.4 is 0 Å². The highest BCUT2D eigenvalue weighted by Gasteiger charge is 2.17. The van der Waals surface area contributed by atoms with Gasteiger partial charge in [0.15, 0.2) is 0 Å². The van der Waals surface area contributed by atoms with E-state index in [0.717, 1.165) is 5.56 Å². The molecule has 13 heavy (non-hydrogen) atoms. The summed E-state index contributed by atoms with van der Waals surface area (Å²) in [6.07, 6.45) is 0. The lowest BCUT2D eigenvalue weighted by Gasteiger charge is -2.05. The standard InChI is InChI=1S/C8H8BrClO2S/c1-5-3-6(2)8(7(9)4-5)13(10,11)12/h3-4H,1-2H3. The number of aryl methyl sites for hydroxylation is 2. The topological polar surface area (TPSA) is 34.1 Å². The van der Waals surface area contributed by atoms with Crippen LogP contribution in [0.4, 0.5) is 0 Å². The highest BCUT2D eigenvalue weighted by atomic mass is 79.9. The molecule has 0 bridgehead atoms. The first-order chi connectivity index (χ1) is 5.82. The van der Waals surface area contributed by atoms with Crippen LogP contribution in [0.1, 0.15) is 11.1 Å². The van der Waals surface area contributed by atoms with Gasteiger partial charge in [-0.1, -0.05) is 6.07 Å². The third-order valence-corrected chi connectivity index (χ3v) is 4.00. The second-order valence-corrected chi connectivity index (χ2v) is 6.19. The minimum absolute atomic E-state index is 0.153. The van der Waals surface area contributed by atoms with Gasteiger partial charge in [0, 0.05) is 15.2 Å². The maximum atomic E-state index is 11.1. The molecule has 1 aromatic rings. The molecule has 0 spiro atoms. The van der Waals surface area contributed by atoms with Crippen molar-refractivity contribution in [3.05, 3.63) is 27.7 Å². The van der Waals surface area contributed by atoms with Gasteiger partial charge in [-0.25, -0.2) is 8.42 Å². The zero-order chi connectivity index (χ0) is 10.2. The maximum Gasteiger partial charge on any atom is 0.262 e. The molecule has 1 rings (SSSR count). The van der Waals surface area contributed by atoms with E-state index in [4.69, 9.17) is 10.7 Å². The van der Waals surface area contributed by atoms with Crippen LogP contribution in [0.5, 0.6) is 0 Å². The molecule has 0 saturated carbocycles. The van der Waals surface area contributed by atoms with Gasteiger partial charge in [0.05, 0.1) is 4.90 Å². The van der Waals surface area contributed by atoms with E-state index in [0.29, 0.717) is 10.0 Å². The first-order valence-electron chi connectivity index (χ1n) is 3.54. The van der Waals surface area contributed by atoms with Crippen LogP contribution in [0.15, 0.2) is 21.5 Å². The number of halogens is 2. The van der Waals surface area contributed by atoms with Gasteiger partial charge in [-0.05, 0) is 47.0 Å². The summed E-state index contributed by atoms with van der Waals surface area (Å²) in [6, 6.07) is 3.50. The first-order valence-corrected chi connectivity index (χ1v) is 6.64. The second kappa shape index (κ2) is 3.59. The smallest absolute Gasteiger partial charge is 0.207 e. The normalized spacial score (nSPS) is 11.7. The van der Waals surface area contributed by atoms with Crippen molar-refractivity contribution >= 4 is 35.7 Å². The van der Waals surface area contributed by atoms with Crippen molar-refractivity contribution in [1.82, 2.24) is 0 Å². The number of hydrogen-bond donors (Lipinski definition) is 0. The van der Waals surface area contributed by atoms with Gasteiger partial charge in [-0.15, -0.1) is 0 Å². The summed E-state index contributed by atoms with van der Waals surface area (Å²) in [4.78, 5) is 0.153. The molecule has 0 N–H and O–H groups in total. The molecule has 0 aliphatic heterocycles. The molecule has 0 unspecified atom stereocenters. The summed E-state index contributed by atoms with van der Waals surface area (Å²) >= 11 is 3.17. The van der Waals surface area contributed by atoms with Gasteiger partial charge in [0.1, 0.15) is 0 Å². The Kier molecular flexibility index (Phi) is 3.05. The molecule has 0 amide bonds. The van der Waals surface area contributed by atoms with Gasteiger partial charge in [-0.2, -0.15) is 0 Å². The molecule has 0 fully saturated rings. The molecule has 5 heteroatoms. The van der Waals surface area contributed by atoms with E-state index in [1.165, 1.54) is 0 Å². The average molecular weight is 284 g/mol. The number of benzene rings is 1. The minimum atomic E-state index is -3.66. The Labute approximate surface area is 90.5 Å². The van der Waals surface area contributed by atoms with Crippen molar-refractivity contribution in [3.8, 4) is 0 Å². The highest BCUT2D eigenvalue weighted by molar-refractivity contribution is 9.10. The summed E-state index contributed by atoms with van der Waals surface area (Å²) in [6.45, 7) is 3.61. The lowest BCUT2D eigenvalue weighted by atomic mass is 10.2. The van der Waals surface area contributed by atoms with Crippen molar-refractivity contribution in [2.45, 2.75) is 18.7 Å². The van der Waals surface area contributed by atoms with Crippen molar-refractivity contribution in [2.75, 3.05) is 0 Å². The lowest BCUT2D eigenvalue weighted by Crippen LogP contribution is -1.96. The van der Waals surface area contributed by atoms with Gasteiger partial charge in [-0.3, -0.25) is 0 Å². The van der Waals surface area contributed by atoms with Crippen LogP contribution in [0.2, 0.25) is 0 Å². The van der Waals surface area contributed by atoms with Gasteiger partial charge in [0.25, 0.3) is 9.05 Å². The van der Waals surface area contributed by atoms with E-state index in [2.05, 4.69) is 15.9 Å². The van der Waals surface area contributed by atoms with E-state index >= 15 is 0 Å². The van der Waals surface area contributed by atoms with Crippen LogP contribution in [-0.2, 0) is 9.05 Å². The quantitative estimate of drug-likeness (QED) is 0.743. The first kappa shape index (κ1) is 11.0. The number of rotatable bonds is 1. The molecular weight excluding hydrogens is 276 g/mol. The fourth-order valence-electron chi connectivity index (χ4n) is 1.21. The predicted octanol–water partition coefficient (Wildman–Crippen LogP) is 2.99. The van der Waals surface area contributed by atoms with Crippen LogP contribution in [0.3, 0.4) is 0 Å². The highest BCUT2D eigenvalue weighted by Crippen LogP contribution is 2.29. The lowest BCUT2D eigenvalue weighted by molar-refractivity contribution is 0.608. The fourth-order valence-corrected chi connectivity index (χ4v) is 4.15. The average Bonchev–Trinajstić information content (AvgIpc) is 1.78. The monoisotopic (exact) mass is 282 g/mol. The zero-order valence-corrected chi connectivity index (χ0v) is 10.3. The molecule has 0 heterocycles. The fraction of sp³-hybridized carbons (Fsp3) is 0.250. The number of hydrogen-bond acceptors (Lipinski definition) is 2. The van der Waals surface area contributed by atoms with E-state index in [9.17, 15) is 8.42 Å². The molecule has 0 atom stereocenters. The van der Waals surface area contributed by atoms with Gasteiger partial charge < -0.3 is 0 Å². The Balaban J connectivity index is 3.57. The van der Waals surface area contributed by atoms with E-state index in [1.807, 2.05) is 6.92 Å². The van der Waals surface area contributed by atoms with Crippen LogP contribution in [0.25, 0.3) is 0 Å². The van der Waals surface area contributed by atoms with Crippen molar-refractivity contribution < 1.29 is 8.42 Å². The molecular formula is C8H8BrClO2S. The third kappa shape index (κ3) is 2.45. The molecule has 72 valence electrons. The molecule has 1 aromatic carbocycles. The summed E-state index contributed by atoms with van der Waals surface area (Å²) in [5, 5.41) is 0. The van der Waals surface area contributed by atoms with Crippen molar-refractivity contribution in [1.29, 1.82) is 0 Å². The molecule has 0 aliphatic carbocycles. The Morgan fingerprint density at radius 2 is 1.85 bits per heavy atom. The Hall–Kier alpha value is -0.0600. The molecule has 0 aliphatic rings. The Bertz CT molecular complexity index is 416. The summed E-state index contributed by atoms with van der Waals surface area (Å²) < 4.78 is 22.8. The Morgan fingerprint density at radius 3 is 2.23 bits per heavy atom. The SMILES string of the molecule is Cc1cc(C)c(S(=O)(=O)Cl)c(Br)c1. The Morgan fingerprint density at radius 1 is 1.31 bits per heavy atom. The third-order valence-electron chi connectivity index (χ3n) is 1.62. The van der Waals surface area contributed by atoms with Crippen molar-refractivity contribution in [3.63, 3.8) is 0 Å². The summed E-state index contributed by atoms with van der Waals surface area (Å²) in [5.41, 5.74) is 1.65. The second-order valence-electron chi connectivity index (χ2n) is 2.83. The predicted molar refractivity (Wildman–Crippen MR) is 56.7 cm³/mol. The summed E-state index contributed by atoms with van der Waals surface area (Å²) in [7, 11) is 1.61. The van der Waals surface area contributed by atoms with Gasteiger partial charge in [0.2, 0.25) is 0 Å². The largest absolute Gasteiger partial charge is 0.262 e. The minimum Gasteiger partial charge on any atom is -0.207 e. The van der Waals surface area contributed by atoms with Gasteiger partial charge >= 0.3 is 0 Å². The maximum absolute atomic E-state index is 11.1.